The van der Waals surface area contributed by atoms with Crippen molar-refractivity contribution in [3.63, 3.8) is 0 Å². The molecular weight excluding hydrogens is 352 g/mol. The van der Waals surface area contributed by atoms with E-state index in [0.29, 0.717) is 17.5 Å². The Morgan fingerprint density at radius 1 is 0.885 bits per heavy atom. The SMILES string of the molecule is CC[C@@H]1C[C@@H](Cl)C(OC(=O)c2ccccc2)[C@@H]1OC(=O)c1ccccc1. The van der Waals surface area contributed by atoms with Crippen LogP contribution in [-0.2, 0) is 9.47 Å². The van der Waals surface area contributed by atoms with Crippen LogP contribution in [0.1, 0.15) is 40.5 Å². The summed E-state index contributed by atoms with van der Waals surface area (Å²) in [5.74, 6) is -0.835. The van der Waals surface area contributed by atoms with Crippen LogP contribution in [0.3, 0.4) is 0 Å². The van der Waals surface area contributed by atoms with Gasteiger partial charge in [0, 0.05) is 5.92 Å². The van der Waals surface area contributed by atoms with Gasteiger partial charge in [-0.1, -0.05) is 43.3 Å². The van der Waals surface area contributed by atoms with Crippen LogP contribution in [0, 0.1) is 5.92 Å². The molecule has 3 rings (SSSR count). The molecule has 0 heterocycles. The van der Waals surface area contributed by atoms with Crippen LogP contribution in [0.2, 0.25) is 0 Å². The quantitative estimate of drug-likeness (QED) is 0.573. The molecule has 0 amide bonds. The fourth-order valence-electron chi connectivity index (χ4n) is 3.27. The fraction of sp³-hybridized carbons (Fsp3) is 0.333. The van der Waals surface area contributed by atoms with Gasteiger partial charge >= 0.3 is 11.9 Å². The van der Waals surface area contributed by atoms with E-state index in [9.17, 15) is 9.59 Å². The molecule has 0 bridgehead atoms. The van der Waals surface area contributed by atoms with Gasteiger partial charge in [-0.3, -0.25) is 0 Å². The Bertz CT molecular complexity index is 747. The summed E-state index contributed by atoms with van der Waals surface area (Å²) in [6.45, 7) is 2.01. The number of hydrogen-bond donors (Lipinski definition) is 0. The van der Waals surface area contributed by atoms with E-state index >= 15 is 0 Å². The molecule has 1 saturated carbocycles. The molecule has 1 aliphatic carbocycles. The Morgan fingerprint density at radius 2 is 1.35 bits per heavy atom. The number of esters is 2. The number of benzene rings is 2. The molecular formula is C21H21ClO4. The average molecular weight is 373 g/mol. The van der Waals surface area contributed by atoms with Gasteiger partial charge in [0.2, 0.25) is 0 Å². The molecule has 1 unspecified atom stereocenters. The van der Waals surface area contributed by atoms with Crippen molar-refractivity contribution >= 4 is 23.5 Å². The molecule has 1 aliphatic rings. The maximum atomic E-state index is 12.5. The van der Waals surface area contributed by atoms with Crippen LogP contribution in [0.4, 0.5) is 0 Å². The van der Waals surface area contributed by atoms with E-state index in [4.69, 9.17) is 21.1 Å². The molecule has 4 atom stereocenters. The smallest absolute Gasteiger partial charge is 0.338 e. The zero-order chi connectivity index (χ0) is 18.5. The minimum absolute atomic E-state index is 0.0544. The highest BCUT2D eigenvalue weighted by atomic mass is 35.5. The largest absolute Gasteiger partial charge is 0.454 e. The van der Waals surface area contributed by atoms with Crippen molar-refractivity contribution in [1.82, 2.24) is 0 Å². The molecule has 0 N–H and O–H groups in total. The van der Waals surface area contributed by atoms with Gasteiger partial charge in [-0.05, 0) is 37.1 Å². The minimum Gasteiger partial charge on any atom is -0.454 e. The summed E-state index contributed by atoms with van der Waals surface area (Å²) >= 11 is 6.44. The first-order chi connectivity index (χ1) is 12.6. The van der Waals surface area contributed by atoms with Crippen molar-refractivity contribution in [3.05, 3.63) is 71.8 Å². The summed E-state index contributed by atoms with van der Waals surface area (Å²) in [5, 5.41) is -0.388. The second-order valence-electron chi connectivity index (χ2n) is 6.39. The van der Waals surface area contributed by atoms with Gasteiger partial charge in [-0.15, -0.1) is 11.6 Å². The Kier molecular flexibility index (Phi) is 5.94. The molecule has 0 radical (unpaired) electrons. The summed E-state index contributed by atoms with van der Waals surface area (Å²) in [7, 11) is 0. The van der Waals surface area contributed by atoms with Crippen molar-refractivity contribution in [2.75, 3.05) is 0 Å². The topological polar surface area (TPSA) is 52.6 Å². The van der Waals surface area contributed by atoms with Crippen molar-refractivity contribution in [2.45, 2.75) is 37.4 Å². The number of carbonyl (C=O) groups excluding carboxylic acids is 2. The van der Waals surface area contributed by atoms with E-state index in [1.54, 1.807) is 48.5 Å². The predicted octanol–water partition coefficient (Wildman–Crippen LogP) is 4.47. The van der Waals surface area contributed by atoms with E-state index in [-0.39, 0.29) is 11.3 Å². The molecule has 0 aromatic heterocycles. The minimum atomic E-state index is -0.665. The standard InChI is InChI=1S/C21H21ClO4/c1-2-14-13-17(22)19(26-21(24)16-11-7-4-8-12-16)18(14)25-20(23)15-9-5-3-6-10-15/h3-12,14,17-19H,2,13H2,1H3/t14-,17-,18-,19?/m1/s1. The summed E-state index contributed by atoms with van der Waals surface area (Å²) in [5.41, 5.74) is 0.915. The molecule has 4 nitrogen and oxygen atoms in total. The predicted molar refractivity (Wildman–Crippen MR) is 99.3 cm³/mol. The summed E-state index contributed by atoms with van der Waals surface area (Å²) in [4.78, 5) is 24.9. The lowest BCUT2D eigenvalue weighted by Gasteiger charge is -2.25. The van der Waals surface area contributed by atoms with Crippen LogP contribution in [0.15, 0.2) is 60.7 Å². The molecule has 2 aromatic carbocycles. The van der Waals surface area contributed by atoms with Gasteiger partial charge in [0.25, 0.3) is 0 Å². The van der Waals surface area contributed by atoms with Crippen molar-refractivity contribution < 1.29 is 19.1 Å². The highest BCUT2D eigenvalue weighted by Crippen LogP contribution is 2.37. The van der Waals surface area contributed by atoms with Crippen LogP contribution >= 0.6 is 11.6 Å². The van der Waals surface area contributed by atoms with Gasteiger partial charge in [-0.25, -0.2) is 9.59 Å². The molecule has 0 aliphatic heterocycles. The first-order valence-corrected chi connectivity index (χ1v) is 9.20. The summed E-state index contributed by atoms with van der Waals surface area (Å²) < 4.78 is 11.4. The van der Waals surface area contributed by atoms with Crippen LogP contribution < -0.4 is 0 Å². The molecule has 136 valence electrons. The molecule has 1 fully saturated rings. The van der Waals surface area contributed by atoms with E-state index < -0.39 is 24.1 Å². The monoisotopic (exact) mass is 372 g/mol. The number of alkyl halides is 1. The zero-order valence-corrected chi connectivity index (χ0v) is 15.3. The van der Waals surface area contributed by atoms with Gasteiger partial charge in [-0.2, -0.15) is 0 Å². The number of carbonyl (C=O) groups is 2. The van der Waals surface area contributed by atoms with E-state index in [2.05, 4.69) is 0 Å². The van der Waals surface area contributed by atoms with Crippen molar-refractivity contribution in [3.8, 4) is 0 Å². The maximum Gasteiger partial charge on any atom is 0.338 e. The Morgan fingerprint density at radius 3 is 1.81 bits per heavy atom. The Labute approximate surface area is 158 Å². The lowest BCUT2D eigenvalue weighted by atomic mass is 10.0. The highest BCUT2D eigenvalue weighted by molar-refractivity contribution is 6.21. The molecule has 5 heteroatoms. The molecule has 0 spiro atoms. The first kappa shape index (κ1) is 18.5. The zero-order valence-electron chi connectivity index (χ0n) is 14.5. The van der Waals surface area contributed by atoms with Gasteiger partial charge < -0.3 is 9.47 Å². The normalized spacial score (nSPS) is 24.8. The second kappa shape index (κ2) is 8.37. The Hall–Kier alpha value is -2.33. The third kappa shape index (κ3) is 4.07. The molecule has 26 heavy (non-hydrogen) atoms. The van der Waals surface area contributed by atoms with Crippen LogP contribution in [0.25, 0.3) is 0 Å². The van der Waals surface area contributed by atoms with Gasteiger partial charge in [0.05, 0.1) is 16.5 Å². The lowest BCUT2D eigenvalue weighted by molar-refractivity contribution is -0.0348. The number of rotatable bonds is 5. The van der Waals surface area contributed by atoms with Gasteiger partial charge in [0.15, 0.2) is 6.10 Å². The molecule has 2 aromatic rings. The highest BCUT2D eigenvalue weighted by Gasteiger charge is 2.46. The maximum absolute atomic E-state index is 12.5. The fourth-order valence-corrected chi connectivity index (χ4v) is 3.69. The van der Waals surface area contributed by atoms with Gasteiger partial charge in [0.1, 0.15) is 6.10 Å². The van der Waals surface area contributed by atoms with E-state index in [0.717, 1.165) is 6.42 Å². The third-order valence-corrected chi connectivity index (χ3v) is 5.13. The summed E-state index contributed by atoms with van der Waals surface area (Å²) in [6.07, 6.45) is 0.206. The Balaban J connectivity index is 1.76. The average Bonchev–Trinajstić information content (AvgIpc) is 2.98. The number of hydrogen-bond acceptors (Lipinski definition) is 4. The van der Waals surface area contributed by atoms with Crippen molar-refractivity contribution in [1.29, 1.82) is 0 Å². The molecule has 0 saturated heterocycles. The van der Waals surface area contributed by atoms with Crippen LogP contribution in [-0.4, -0.2) is 29.5 Å². The third-order valence-electron chi connectivity index (χ3n) is 4.70. The van der Waals surface area contributed by atoms with Crippen LogP contribution in [0.5, 0.6) is 0 Å². The summed E-state index contributed by atoms with van der Waals surface area (Å²) in [6, 6.07) is 17.5. The second-order valence-corrected chi connectivity index (χ2v) is 6.95. The van der Waals surface area contributed by atoms with Crippen molar-refractivity contribution in [2.24, 2.45) is 5.92 Å². The lowest BCUT2D eigenvalue weighted by Crippen LogP contribution is -2.37. The van der Waals surface area contributed by atoms with E-state index in [1.807, 2.05) is 19.1 Å². The number of halogens is 1. The number of ether oxygens (including phenoxy) is 2. The first-order valence-electron chi connectivity index (χ1n) is 8.76. The van der Waals surface area contributed by atoms with E-state index in [1.165, 1.54) is 0 Å².